The Morgan fingerprint density at radius 3 is 2.93 bits per heavy atom. The van der Waals surface area contributed by atoms with Crippen LogP contribution < -0.4 is 0 Å². The molecule has 0 bridgehead atoms. The van der Waals surface area contributed by atoms with Crippen LogP contribution in [-0.2, 0) is 6.42 Å². The van der Waals surface area contributed by atoms with Crippen molar-refractivity contribution in [2.75, 3.05) is 0 Å². The Bertz CT molecular complexity index is 505. The van der Waals surface area contributed by atoms with Gasteiger partial charge < -0.3 is 5.11 Å². The maximum atomic E-state index is 9.31. The molecular formula is C12H9NO. The summed E-state index contributed by atoms with van der Waals surface area (Å²) in [5.41, 5.74) is 4.62. The molecule has 0 spiro atoms. The van der Waals surface area contributed by atoms with Crippen molar-refractivity contribution in [1.29, 1.82) is 0 Å². The van der Waals surface area contributed by atoms with Crippen LogP contribution in [0.25, 0.3) is 11.3 Å². The summed E-state index contributed by atoms with van der Waals surface area (Å²) in [6.07, 6.45) is 2.38. The van der Waals surface area contributed by atoms with Gasteiger partial charge in [-0.25, -0.2) is 0 Å². The number of fused-ring (bicyclic) bond motifs is 3. The molecule has 1 aromatic heterocycles. The maximum Gasteiger partial charge on any atom is 0.134 e. The van der Waals surface area contributed by atoms with Gasteiger partial charge in [0.2, 0.25) is 0 Å². The molecule has 0 unspecified atom stereocenters. The lowest BCUT2D eigenvalue weighted by Gasteiger charge is -1.98. The lowest BCUT2D eigenvalue weighted by molar-refractivity contribution is 0.472. The van der Waals surface area contributed by atoms with E-state index in [0.29, 0.717) is 0 Å². The van der Waals surface area contributed by atoms with Gasteiger partial charge in [0.05, 0.1) is 11.9 Å². The van der Waals surface area contributed by atoms with Gasteiger partial charge in [0.1, 0.15) is 5.75 Å². The van der Waals surface area contributed by atoms with Crippen LogP contribution in [0.3, 0.4) is 0 Å². The van der Waals surface area contributed by atoms with Gasteiger partial charge in [0, 0.05) is 12.0 Å². The van der Waals surface area contributed by atoms with Gasteiger partial charge in [-0.15, -0.1) is 0 Å². The summed E-state index contributed by atoms with van der Waals surface area (Å²) in [5.74, 6) is 0.247. The van der Waals surface area contributed by atoms with E-state index in [0.717, 1.165) is 17.7 Å². The zero-order chi connectivity index (χ0) is 9.54. The van der Waals surface area contributed by atoms with Crippen LogP contribution in [0.4, 0.5) is 0 Å². The maximum absolute atomic E-state index is 9.31. The van der Waals surface area contributed by atoms with Crippen molar-refractivity contribution in [2.24, 2.45) is 0 Å². The van der Waals surface area contributed by atoms with Gasteiger partial charge >= 0.3 is 0 Å². The fourth-order valence-corrected chi connectivity index (χ4v) is 1.99. The first kappa shape index (κ1) is 7.56. The van der Waals surface area contributed by atoms with Gasteiger partial charge in [-0.1, -0.05) is 24.3 Å². The highest BCUT2D eigenvalue weighted by atomic mass is 16.3. The SMILES string of the molecule is Oc1cnc2c(c1)Cc1ccccc1-2. The van der Waals surface area contributed by atoms with Crippen LogP contribution in [0.15, 0.2) is 36.5 Å². The van der Waals surface area contributed by atoms with Crippen LogP contribution >= 0.6 is 0 Å². The minimum absolute atomic E-state index is 0.247. The first-order valence-electron chi connectivity index (χ1n) is 4.61. The third-order valence-corrected chi connectivity index (χ3v) is 2.61. The molecule has 14 heavy (non-hydrogen) atoms. The van der Waals surface area contributed by atoms with Crippen molar-refractivity contribution in [3.8, 4) is 17.0 Å². The van der Waals surface area contributed by atoms with Crippen molar-refractivity contribution < 1.29 is 5.11 Å². The summed E-state index contributed by atoms with van der Waals surface area (Å²) >= 11 is 0. The Kier molecular flexibility index (Phi) is 1.39. The van der Waals surface area contributed by atoms with E-state index in [9.17, 15) is 5.11 Å². The van der Waals surface area contributed by atoms with Gasteiger partial charge in [-0.05, 0) is 17.2 Å². The zero-order valence-corrected chi connectivity index (χ0v) is 7.57. The molecule has 3 rings (SSSR count). The van der Waals surface area contributed by atoms with E-state index < -0.39 is 0 Å². The molecule has 0 atom stereocenters. The standard InChI is InChI=1S/C12H9NO/c14-10-6-9-5-8-3-1-2-4-11(8)12(9)13-7-10/h1-4,6-7,14H,5H2. The normalized spacial score (nSPS) is 12.3. The fourth-order valence-electron chi connectivity index (χ4n) is 1.99. The molecule has 1 aliphatic carbocycles. The second-order valence-electron chi connectivity index (χ2n) is 3.54. The van der Waals surface area contributed by atoms with Crippen LogP contribution in [0.2, 0.25) is 0 Å². The lowest BCUT2D eigenvalue weighted by Crippen LogP contribution is -1.82. The number of hydrogen-bond donors (Lipinski definition) is 1. The predicted octanol–water partition coefficient (Wildman–Crippen LogP) is 2.36. The summed E-state index contributed by atoms with van der Waals surface area (Å²) < 4.78 is 0. The quantitative estimate of drug-likeness (QED) is 0.580. The largest absolute Gasteiger partial charge is 0.506 e. The topological polar surface area (TPSA) is 33.1 Å². The molecule has 0 aliphatic heterocycles. The molecule has 1 aromatic carbocycles. The van der Waals surface area contributed by atoms with Gasteiger partial charge in [-0.2, -0.15) is 0 Å². The molecule has 1 N–H and O–H groups in total. The van der Waals surface area contributed by atoms with E-state index in [1.54, 1.807) is 6.07 Å². The van der Waals surface area contributed by atoms with E-state index in [4.69, 9.17) is 0 Å². The number of aromatic hydroxyl groups is 1. The molecule has 0 fully saturated rings. The monoisotopic (exact) mass is 183 g/mol. The van der Waals surface area contributed by atoms with E-state index in [1.807, 2.05) is 12.1 Å². The Morgan fingerprint density at radius 2 is 2.00 bits per heavy atom. The number of rotatable bonds is 0. The summed E-state index contributed by atoms with van der Waals surface area (Å²) in [4.78, 5) is 4.25. The molecule has 2 nitrogen and oxygen atoms in total. The highest BCUT2D eigenvalue weighted by Crippen LogP contribution is 2.35. The average Bonchev–Trinajstić information content (AvgIpc) is 2.54. The van der Waals surface area contributed by atoms with Crippen molar-refractivity contribution in [3.05, 3.63) is 47.7 Å². The molecular weight excluding hydrogens is 174 g/mol. The van der Waals surface area contributed by atoms with Crippen molar-refractivity contribution >= 4 is 0 Å². The van der Waals surface area contributed by atoms with E-state index in [-0.39, 0.29) is 5.75 Å². The molecule has 0 amide bonds. The molecule has 2 heteroatoms. The van der Waals surface area contributed by atoms with Gasteiger partial charge in [-0.3, -0.25) is 4.98 Å². The van der Waals surface area contributed by atoms with Gasteiger partial charge in [0.25, 0.3) is 0 Å². The predicted molar refractivity (Wildman–Crippen MR) is 54.1 cm³/mol. The second-order valence-corrected chi connectivity index (χ2v) is 3.54. The third kappa shape index (κ3) is 0.940. The van der Waals surface area contributed by atoms with E-state index in [2.05, 4.69) is 17.1 Å². The molecule has 2 aromatic rings. The number of benzene rings is 1. The van der Waals surface area contributed by atoms with Crippen LogP contribution in [0, 0.1) is 0 Å². The molecule has 0 radical (unpaired) electrons. The first-order chi connectivity index (χ1) is 6.84. The minimum atomic E-state index is 0.247. The average molecular weight is 183 g/mol. The molecule has 0 saturated heterocycles. The van der Waals surface area contributed by atoms with Crippen LogP contribution in [0.5, 0.6) is 5.75 Å². The van der Waals surface area contributed by atoms with Crippen LogP contribution in [0.1, 0.15) is 11.1 Å². The van der Waals surface area contributed by atoms with Crippen LogP contribution in [-0.4, -0.2) is 10.1 Å². The highest BCUT2D eigenvalue weighted by molar-refractivity contribution is 5.73. The Labute approximate surface area is 81.9 Å². The summed E-state index contributed by atoms with van der Waals surface area (Å²) in [6.45, 7) is 0. The number of aromatic nitrogens is 1. The van der Waals surface area contributed by atoms with Crippen molar-refractivity contribution in [3.63, 3.8) is 0 Å². The Hall–Kier alpha value is -1.83. The molecule has 0 saturated carbocycles. The zero-order valence-electron chi connectivity index (χ0n) is 7.57. The summed E-state index contributed by atoms with van der Waals surface area (Å²) in [6, 6.07) is 10.0. The van der Waals surface area contributed by atoms with Crippen molar-refractivity contribution in [2.45, 2.75) is 6.42 Å². The summed E-state index contributed by atoms with van der Waals surface area (Å²) in [7, 11) is 0. The summed E-state index contributed by atoms with van der Waals surface area (Å²) in [5, 5.41) is 9.31. The Balaban J connectivity index is 2.27. The fraction of sp³-hybridized carbons (Fsp3) is 0.0833. The molecule has 1 heterocycles. The minimum Gasteiger partial charge on any atom is -0.506 e. The lowest BCUT2D eigenvalue weighted by atomic mass is 10.1. The molecule has 68 valence electrons. The van der Waals surface area contributed by atoms with Crippen molar-refractivity contribution in [1.82, 2.24) is 4.98 Å². The number of nitrogens with zero attached hydrogens (tertiary/aromatic N) is 1. The highest BCUT2D eigenvalue weighted by Gasteiger charge is 2.18. The Morgan fingerprint density at radius 1 is 1.14 bits per heavy atom. The number of pyridine rings is 1. The first-order valence-corrected chi connectivity index (χ1v) is 4.61. The second kappa shape index (κ2) is 2.58. The molecule has 1 aliphatic rings. The van der Waals surface area contributed by atoms with E-state index >= 15 is 0 Å². The number of hydrogen-bond acceptors (Lipinski definition) is 2. The third-order valence-electron chi connectivity index (χ3n) is 2.61. The van der Waals surface area contributed by atoms with Gasteiger partial charge in [0.15, 0.2) is 0 Å². The van der Waals surface area contributed by atoms with E-state index in [1.165, 1.54) is 17.3 Å². The smallest absolute Gasteiger partial charge is 0.134 e.